The number of hydrogen-bond acceptors (Lipinski definition) is 16. The summed E-state index contributed by atoms with van der Waals surface area (Å²) in [5, 5.41) is 10.4. The van der Waals surface area contributed by atoms with Crippen LogP contribution in [0.3, 0.4) is 0 Å². The monoisotopic (exact) mass is 1390 g/mol. The molecule has 0 spiro atoms. The van der Waals surface area contributed by atoms with Crippen LogP contribution < -0.4 is 0 Å². The Balaban J connectivity index is 0.000000578. The van der Waals surface area contributed by atoms with Crippen LogP contribution in [0.5, 0.6) is 0 Å². The van der Waals surface area contributed by atoms with Gasteiger partial charge in [-0.1, -0.05) is 111 Å². The van der Waals surface area contributed by atoms with Crippen molar-refractivity contribution < 1.29 is 0 Å². The zero-order valence-electron chi connectivity index (χ0n) is 66.2. The Morgan fingerprint density at radius 2 is 0.577 bits per heavy atom. The van der Waals surface area contributed by atoms with Crippen molar-refractivity contribution in [1.82, 2.24) is 79.7 Å². The maximum atomic E-state index is 4.24. The average molecular weight is 1390 g/mol. The molecule has 0 fully saturated rings. The number of aryl methyl sites for hydroxylation is 8. The van der Waals surface area contributed by atoms with Gasteiger partial charge in [-0.3, -0.25) is 69.8 Å². The third kappa shape index (κ3) is 29.6. The first kappa shape index (κ1) is 90.5. The van der Waals surface area contributed by atoms with Gasteiger partial charge in [0, 0.05) is 185 Å². The molecule has 0 aromatic carbocycles. The van der Waals surface area contributed by atoms with Gasteiger partial charge in [0.2, 0.25) is 0 Å². The van der Waals surface area contributed by atoms with Crippen LogP contribution in [-0.2, 0) is 0 Å². The van der Waals surface area contributed by atoms with Gasteiger partial charge in [-0.15, -0.1) is 0 Å². The van der Waals surface area contributed by atoms with Gasteiger partial charge in [-0.05, 0) is 203 Å². The number of rotatable bonds is 0. The minimum atomic E-state index is 0.826. The second kappa shape index (κ2) is 55.2. The fraction of sp³-hybridized carbons (Fsp3) is 0.273. The first-order chi connectivity index (χ1) is 51.0. The molecule has 0 atom stereocenters. The summed E-state index contributed by atoms with van der Waals surface area (Å²) in [6.07, 6.45) is 41.6. The maximum absolute atomic E-state index is 4.24. The van der Waals surface area contributed by atoms with Gasteiger partial charge < -0.3 is 0 Å². The highest BCUT2D eigenvalue weighted by atomic mass is 14.8. The highest BCUT2D eigenvalue weighted by Gasteiger charge is 2.01. The van der Waals surface area contributed by atoms with Crippen molar-refractivity contribution >= 4 is 87.2 Å². The lowest BCUT2D eigenvalue weighted by Crippen LogP contribution is -1.83. The molecule has 0 radical (unpaired) electrons. The first-order valence-corrected chi connectivity index (χ1v) is 36.3. The molecule has 16 heteroatoms. The van der Waals surface area contributed by atoms with Crippen molar-refractivity contribution in [3.05, 3.63) is 290 Å². The highest BCUT2D eigenvalue weighted by Crippen LogP contribution is 2.19. The SMILES string of the molecule is CC.CC.CC.CC.CC.CC.CC.CC.Cc1ccnc2cccnc12.Cc1ccnc2ccncc12.Cc1ccnc2cnccc12.Cc1ccnc2ncccc12.Cc1cncc2cccnc12.Cc1cncc2ccncc12.Cc1cncc2cnccc12.Cc1nccc2ncccc12. The second-order valence-electron chi connectivity index (χ2n) is 20.1. The van der Waals surface area contributed by atoms with Crippen molar-refractivity contribution in [2.75, 3.05) is 0 Å². The summed E-state index contributed by atoms with van der Waals surface area (Å²) in [4.78, 5) is 66.0. The van der Waals surface area contributed by atoms with E-state index in [9.17, 15) is 0 Å². The van der Waals surface area contributed by atoms with E-state index >= 15 is 0 Å². The lowest BCUT2D eigenvalue weighted by atomic mass is 10.1. The number of pyridine rings is 16. The summed E-state index contributed by atoms with van der Waals surface area (Å²) >= 11 is 0. The lowest BCUT2D eigenvalue weighted by Gasteiger charge is -1.97. The van der Waals surface area contributed by atoms with E-state index in [-0.39, 0.29) is 0 Å². The van der Waals surface area contributed by atoms with Gasteiger partial charge in [0.05, 0.1) is 39.3 Å². The van der Waals surface area contributed by atoms with Crippen LogP contribution in [0.1, 0.15) is 155 Å². The molecule has 0 unspecified atom stereocenters. The van der Waals surface area contributed by atoms with Gasteiger partial charge in [-0.2, -0.15) is 0 Å². The smallest absolute Gasteiger partial charge is 0.159 e. The third-order valence-electron chi connectivity index (χ3n) is 13.9. The van der Waals surface area contributed by atoms with E-state index in [1.165, 1.54) is 49.5 Å². The van der Waals surface area contributed by atoms with Gasteiger partial charge in [0.25, 0.3) is 0 Å². The van der Waals surface area contributed by atoms with Crippen LogP contribution in [0, 0.1) is 55.4 Å². The van der Waals surface area contributed by atoms with Crippen LogP contribution in [0.15, 0.2) is 246 Å². The lowest BCUT2D eigenvalue weighted by molar-refractivity contribution is 1.22. The van der Waals surface area contributed by atoms with Crippen LogP contribution >= 0.6 is 0 Å². The number of aromatic nitrogens is 16. The van der Waals surface area contributed by atoms with Gasteiger partial charge in [0.1, 0.15) is 0 Å². The molecule has 104 heavy (non-hydrogen) atoms. The molecule has 0 aliphatic rings. The van der Waals surface area contributed by atoms with Gasteiger partial charge >= 0.3 is 0 Å². The molecule has 16 rings (SSSR count). The Hall–Kier alpha value is -11.5. The van der Waals surface area contributed by atoms with E-state index in [1.807, 2.05) is 304 Å². The van der Waals surface area contributed by atoms with Crippen LogP contribution in [-0.4, -0.2) is 79.7 Å². The van der Waals surface area contributed by atoms with E-state index in [2.05, 4.69) is 107 Å². The number of hydrogen-bond donors (Lipinski definition) is 0. The summed E-state index contributed by atoms with van der Waals surface area (Å²) in [5.74, 6) is 0. The standard InChI is InChI=1S/8C9H8N2.8C2H6/c1-7-2-5-11-9-3-4-10-6-8(7)9;1-7-2-5-11-9-6-10-4-3-8(7)9;1-7-4-11-6-8-5-10-3-2-9(7)8;1-7-4-11-5-8-2-3-10-6-9(7)8;1-7-8-3-2-5-11-9(8)4-6-10-7;1-7-4-6-10-8-3-2-5-11-9(7)8;1-7-4-6-11-9-8(7)3-2-5-10-9;1-7-5-10-6-8-3-2-4-11-9(7)8;8*1-2/h8*2-6H,1H3;8*1-2H3. The molecule has 0 saturated heterocycles. The quantitative estimate of drug-likeness (QED) is 0.138. The fourth-order valence-corrected chi connectivity index (χ4v) is 9.10. The van der Waals surface area contributed by atoms with Crippen LogP contribution in [0.2, 0.25) is 0 Å². The molecular weight excluding hydrogens is 1280 g/mol. The number of nitrogens with zero attached hydrogens (tertiary/aromatic N) is 16. The van der Waals surface area contributed by atoms with Crippen molar-refractivity contribution in [2.45, 2.75) is 166 Å². The molecule has 16 heterocycles. The van der Waals surface area contributed by atoms with Crippen molar-refractivity contribution in [1.29, 1.82) is 0 Å². The Morgan fingerprint density at radius 3 is 1.16 bits per heavy atom. The summed E-state index contributed by atoms with van der Waals surface area (Å²) in [7, 11) is 0. The third-order valence-corrected chi connectivity index (χ3v) is 13.9. The summed E-state index contributed by atoms with van der Waals surface area (Å²) < 4.78 is 0. The Kier molecular flexibility index (Phi) is 48.0. The molecule has 0 N–H and O–H groups in total. The fourth-order valence-electron chi connectivity index (χ4n) is 9.10. The normalized spacial score (nSPS) is 9.15. The van der Waals surface area contributed by atoms with Gasteiger partial charge in [-0.25, -0.2) is 9.97 Å². The molecule has 0 saturated carbocycles. The Morgan fingerprint density at radius 1 is 0.183 bits per heavy atom. The minimum Gasteiger partial charge on any atom is -0.264 e. The van der Waals surface area contributed by atoms with E-state index < -0.39 is 0 Å². The van der Waals surface area contributed by atoms with Crippen LogP contribution in [0.4, 0.5) is 0 Å². The molecule has 16 nitrogen and oxygen atoms in total. The molecule has 0 aliphatic carbocycles. The zero-order chi connectivity index (χ0) is 77.5. The van der Waals surface area contributed by atoms with Crippen molar-refractivity contribution in [2.24, 2.45) is 0 Å². The summed E-state index contributed by atoms with van der Waals surface area (Å²) in [6, 6.07) is 33.5. The minimum absolute atomic E-state index is 0.826. The molecule has 16 aromatic rings. The van der Waals surface area contributed by atoms with E-state index in [1.54, 1.807) is 80.6 Å². The molecule has 544 valence electrons. The van der Waals surface area contributed by atoms with Crippen molar-refractivity contribution in [3.8, 4) is 0 Å². The van der Waals surface area contributed by atoms with Gasteiger partial charge in [0.15, 0.2) is 5.65 Å². The molecule has 0 aliphatic heterocycles. The highest BCUT2D eigenvalue weighted by molar-refractivity contribution is 5.85. The molecular formula is C88H112N16. The topological polar surface area (TPSA) is 206 Å². The van der Waals surface area contributed by atoms with E-state index in [0.717, 1.165) is 82.3 Å². The predicted octanol–water partition coefficient (Wildman–Crippen LogP) is 23.7. The largest absolute Gasteiger partial charge is 0.264 e. The first-order valence-electron chi connectivity index (χ1n) is 36.3. The Labute approximate surface area is 620 Å². The molecule has 0 bridgehead atoms. The van der Waals surface area contributed by atoms with Crippen molar-refractivity contribution in [3.63, 3.8) is 0 Å². The summed E-state index contributed by atoms with van der Waals surface area (Å²) in [5.41, 5.74) is 16.2. The zero-order valence-corrected chi connectivity index (χ0v) is 66.2. The Bertz CT molecular complexity index is 3950. The second-order valence-corrected chi connectivity index (χ2v) is 20.1. The van der Waals surface area contributed by atoms with E-state index in [0.29, 0.717) is 0 Å². The molecule has 16 aromatic heterocycles. The molecule has 0 amide bonds. The average Bonchev–Trinajstić information content (AvgIpc) is 0.963. The number of fused-ring (bicyclic) bond motifs is 8. The van der Waals surface area contributed by atoms with Crippen LogP contribution in [0.25, 0.3) is 87.2 Å². The maximum Gasteiger partial charge on any atom is 0.159 e. The summed E-state index contributed by atoms with van der Waals surface area (Å²) in [6.45, 7) is 48.3. The predicted molar refractivity (Wildman–Crippen MR) is 445 cm³/mol. The van der Waals surface area contributed by atoms with E-state index in [4.69, 9.17) is 0 Å².